The van der Waals surface area contributed by atoms with Crippen LogP contribution in [0.25, 0.3) is 11.3 Å². The highest BCUT2D eigenvalue weighted by atomic mass is 16.5. The maximum atomic E-state index is 11.3. The standard InChI is InChI=1S/C18H24N4O2/c1-13(23)21-15-5-6-18(24-11-8-14-4-3-9-19-14)16(12-15)17-7-10-20-22(17)2/h5-7,10,12,14,19H,3-4,8-9,11H2,1-2H3,(H,21,23). The summed E-state index contributed by atoms with van der Waals surface area (Å²) in [4.78, 5) is 11.3. The fraction of sp³-hybridized carbons (Fsp3) is 0.444. The van der Waals surface area contributed by atoms with Gasteiger partial charge in [0.2, 0.25) is 5.91 Å². The number of carbonyl (C=O) groups excluding carboxylic acids is 1. The molecule has 24 heavy (non-hydrogen) atoms. The zero-order valence-corrected chi connectivity index (χ0v) is 14.2. The molecule has 6 heteroatoms. The van der Waals surface area contributed by atoms with Gasteiger partial charge in [-0.05, 0) is 50.1 Å². The predicted octanol–water partition coefficient (Wildman–Crippen LogP) is 2.57. The van der Waals surface area contributed by atoms with Gasteiger partial charge in [0.05, 0.1) is 12.3 Å². The molecule has 2 N–H and O–H groups in total. The molecule has 0 bridgehead atoms. The summed E-state index contributed by atoms with van der Waals surface area (Å²) in [5.41, 5.74) is 2.64. The third kappa shape index (κ3) is 3.94. The molecule has 0 saturated carbocycles. The van der Waals surface area contributed by atoms with Crippen molar-refractivity contribution in [1.82, 2.24) is 15.1 Å². The van der Waals surface area contributed by atoms with Crippen LogP contribution in [0.15, 0.2) is 30.5 Å². The number of hydrogen-bond donors (Lipinski definition) is 2. The van der Waals surface area contributed by atoms with Crippen molar-refractivity contribution in [3.05, 3.63) is 30.5 Å². The van der Waals surface area contributed by atoms with E-state index in [1.807, 2.05) is 31.3 Å². The van der Waals surface area contributed by atoms with Gasteiger partial charge in [0.15, 0.2) is 0 Å². The smallest absolute Gasteiger partial charge is 0.221 e. The molecule has 2 aromatic rings. The summed E-state index contributed by atoms with van der Waals surface area (Å²) in [6, 6.07) is 8.21. The number of aromatic nitrogens is 2. The topological polar surface area (TPSA) is 68.2 Å². The van der Waals surface area contributed by atoms with Gasteiger partial charge in [-0.15, -0.1) is 0 Å². The lowest BCUT2D eigenvalue weighted by molar-refractivity contribution is -0.114. The number of amides is 1. The van der Waals surface area contributed by atoms with Gasteiger partial charge >= 0.3 is 0 Å². The molecule has 1 aromatic carbocycles. The Balaban J connectivity index is 1.78. The summed E-state index contributed by atoms with van der Waals surface area (Å²) in [5.74, 6) is 0.720. The number of benzene rings is 1. The number of hydrogen-bond acceptors (Lipinski definition) is 4. The van der Waals surface area contributed by atoms with Crippen molar-refractivity contribution < 1.29 is 9.53 Å². The Morgan fingerprint density at radius 2 is 2.33 bits per heavy atom. The first kappa shape index (κ1) is 16.5. The van der Waals surface area contributed by atoms with E-state index >= 15 is 0 Å². The average Bonchev–Trinajstić information content (AvgIpc) is 3.19. The molecule has 3 rings (SSSR count). The lowest BCUT2D eigenvalue weighted by atomic mass is 10.1. The molecule has 1 unspecified atom stereocenters. The Bertz CT molecular complexity index is 705. The molecule has 0 spiro atoms. The Labute approximate surface area is 142 Å². The molecule has 1 aromatic heterocycles. The van der Waals surface area contributed by atoms with Gasteiger partial charge in [0.25, 0.3) is 0 Å². The molecule has 0 aliphatic carbocycles. The van der Waals surface area contributed by atoms with E-state index < -0.39 is 0 Å². The zero-order chi connectivity index (χ0) is 16.9. The Hall–Kier alpha value is -2.34. The quantitative estimate of drug-likeness (QED) is 0.855. The molecule has 1 aliphatic rings. The van der Waals surface area contributed by atoms with Crippen molar-refractivity contribution in [2.45, 2.75) is 32.2 Å². The molecular formula is C18H24N4O2. The number of nitrogens with one attached hydrogen (secondary N) is 2. The summed E-state index contributed by atoms with van der Waals surface area (Å²) < 4.78 is 7.85. The maximum Gasteiger partial charge on any atom is 0.221 e. The molecule has 1 fully saturated rings. The van der Waals surface area contributed by atoms with E-state index in [4.69, 9.17) is 4.74 Å². The van der Waals surface area contributed by atoms with Crippen LogP contribution in [0.1, 0.15) is 26.2 Å². The van der Waals surface area contributed by atoms with Crippen LogP contribution in [0.2, 0.25) is 0 Å². The molecule has 1 amide bonds. The molecule has 1 saturated heterocycles. The first-order chi connectivity index (χ1) is 11.6. The summed E-state index contributed by atoms with van der Waals surface area (Å²) in [6.45, 7) is 3.28. The Kier molecular flexibility index (Phi) is 5.15. The molecule has 1 aliphatic heterocycles. The van der Waals surface area contributed by atoms with Crippen LogP contribution < -0.4 is 15.4 Å². The lowest BCUT2D eigenvalue weighted by Crippen LogP contribution is -2.23. The third-order valence-electron chi connectivity index (χ3n) is 4.28. The highest BCUT2D eigenvalue weighted by Crippen LogP contribution is 2.32. The molecule has 6 nitrogen and oxygen atoms in total. The van der Waals surface area contributed by atoms with Crippen LogP contribution in [-0.2, 0) is 11.8 Å². The van der Waals surface area contributed by atoms with Crippen molar-refractivity contribution in [2.24, 2.45) is 7.05 Å². The van der Waals surface area contributed by atoms with E-state index in [1.165, 1.54) is 19.8 Å². The minimum Gasteiger partial charge on any atom is -0.493 e. The second-order valence-corrected chi connectivity index (χ2v) is 6.16. The zero-order valence-electron chi connectivity index (χ0n) is 14.2. The molecule has 0 radical (unpaired) electrons. The van der Waals surface area contributed by atoms with E-state index in [1.54, 1.807) is 10.9 Å². The van der Waals surface area contributed by atoms with Crippen LogP contribution in [-0.4, -0.2) is 34.9 Å². The summed E-state index contributed by atoms with van der Waals surface area (Å²) >= 11 is 0. The number of nitrogens with zero attached hydrogens (tertiary/aromatic N) is 2. The molecule has 2 heterocycles. The van der Waals surface area contributed by atoms with Crippen molar-refractivity contribution in [3.8, 4) is 17.0 Å². The number of carbonyl (C=O) groups is 1. The predicted molar refractivity (Wildman–Crippen MR) is 94.1 cm³/mol. The monoisotopic (exact) mass is 328 g/mol. The van der Waals surface area contributed by atoms with Crippen molar-refractivity contribution in [3.63, 3.8) is 0 Å². The first-order valence-corrected chi connectivity index (χ1v) is 8.39. The van der Waals surface area contributed by atoms with Gasteiger partial charge in [0, 0.05) is 37.5 Å². The number of aryl methyl sites for hydroxylation is 1. The van der Waals surface area contributed by atoms with Crippen molar-refractivity contribution in [1.29, 1.82) is 0 Å². The van der Waals surface area contributed by atoms with Crippen molar-refractivity contribution >= 4 is 11.6 Å². The van der Waals surface area contributed by atoms with Crippen LogP contribution >= 0.6 is 0 Å². The Morgan fingerprint density at radius 1 is 1.46 bits per heavy atom. The average molecular weight is 328 g/mol. The largest absolute Gasteiger partial charge is 0.493 e. The van der Waals surface area contributed by atoms with Gasteiger partial charge in [-0.3, -0.25) is 9.48 Å². The maximum absolute atomic E-state index is 11.3. The minimum absolute atomic E-state index is 0.0908. The Morgan fingerprint density at radius 3 is 3.00 bits per heavy atom. The molecule has 1 atom stereocenters. The fourth-order valence-electron chi connectivity index (χ4n) is 3.09. The van der Waals surface area contributed by atoms with E-state index in [0.29, 0.717) is 12.6 Å². The normalized spacial score (nSPS) is 17.0. The molecular weight excluding hydrogens is 304 g/mol. The molecule has 128 valence electrons. The van der Waals surface area contributed by atoms with Crippen molar-refractivity contribution in [2.75, 3.05) is 18.5 Å². The van der Waals surface area contributed by atoms with Crippen LogP contribution in [0.3, 0.4) is 0 Å². The summed E-state index contributed by atoms with van der Waals surface area (Å²) in [6.07, 6.45) is 5.22. The van der Waals surface area contributed by atoms with E-state index in [-0.39, 0.29) is 5.91 Å². The first-order valence-electron chi connectivity index (χ1n) is 8.39. The van der Waals surface area contributed by atoms with Gasteiger partial charge < -0.3 is 15.4 Å². The lowest BCUT2D eigenvalue weighted by Gasteiger charge is -2.15. The third-order valence-corrected chi connectivity index (χ3v) is 4.28. The van der Waals surface area contributed by atoms with Gasteiger partial charge in [-0.1, -0.05) is 0 Å². The SMILES string of the molecule is CC(=O)Nc1ccc(OCCC2CCCN2)c(-c2ccnn2C)c1. The van der Waals surface area contributed by atoms with E-state index in [9.17, 15) is 4.79 Å². The van der Waals surface area contributed by atoms with Crippen LogP contribution in [0.5, 0.6) is 5.75 Å². The number of ether oxygens (including phenoxy) is 1. The van der Waals surface area contributed by atoms with Gasteiger partial charge in [-0.25, -0.2) is 0 Å². The minimum atomic E-state index is -0.0908. The number of rotatable bonds is 6. The van der Waals surface area contributed by atoms with Crippen LogP contribution in [0.4, 0.5) is 5.69 Å². The highest BCUT2D eigenvalue weighted by molar-refractivity contribution is 5.90. The van der Waals surface area contributed by atoms with Gasteiger partial charge in [-0.2, -0.15) is 5.10 Å². The summed E-state index contributed by atoms with van der Waals surface area (Å²) in [5, 5.41) is 10.5. The highest BCUT2D eigenvalue weighted by Gasteiger charge is 2.15. The van der Waals surface area contributed by atoms with Gasteiger partial charge in [0.1, 0.15) is 5.75 Å². The fourth-order valence-corrected chi connectivity index (χ4v) is 3.09. The van der Waals surface area contributed by atoms with E-state index in [2.05, 4.69) is 15.7 Å². The van der Waals surface area contributed by atoms with Crippen LogP contribution in [0, 0.1) is 0 Å². The second-order valence-electron chi connectivity index (χ2n) is 6.16. The summed E-state index contributed by atoms with van der Waals surface area (Å²) in [7, 11) is 1.90. The second kappa shape index (κ2) is 7.49. The van der Waals surface area contributed by atoms with E-state index in [0.717, 1.165) is 35.7 Å². The number of anilines is 1.